The van der Waals surface area contributed by atoms with Gasteiger partial charge in [-0.25, -0.2) is 14.3 Å². The standard InChI is InChI=1S/C15H13N3O4/c1-21-10-4-6-11(7-5-10)22-9-13-16-14-12(15(19)20)3-2-8-18(14)17-13/h2-8H,9H2,1H3,(H,19,20). The van der Waals surface area contributed by atoms with Crippen LogP contribution in [0.25, 0.3) is 5.65 Å². The number of methoxy groups -OCH3 is 1. The van der Waals surface area contributed by atoms with Crippen molar-refractivity contribution in [2.75, 3.05) is 7.11 Å². The van der Waals surface area contributed by atoms with Gasteiger partial charge in [0.1, 0.15) is 23.7 Å². The van der Waals surface area contributed by atoms with Crippen LogP contribution >= 0.6 is 0 Å². The Labute approximate surface area is 125 Å². The zero-order valence-electron chi connectivity index (χ0n) is 11.8. The summed E-state index contributed by atoms with van der Waals surface area (Å²) in [6.45, 7) is 0.146. The van der Waals surface area contributed by atoms with Crippen LogP contribution in [-0.2, 0) is 6.61 Å². The van der Waals surface area contributed by atoms with Crippen molar-refractivity contribution in [1.29, 1.82) is 0 Å². The Balaban J connectivity index is 1.79. The summed E-state index contributed by atoms with van der Waals surface area (Å²) in [5, 5.41) is 13.3. The largest absolute Gasteiger partial charge is 0.497 e. The summed E-state index contributed by atoms with van der Waals surface area (Å²) in [4.78, 5) is 15.3. The number of carboxylic acids is 1. The Bertz CT molecular complexity index is 811. The highest BCUT2D eigenvalue weighted by Crippen LogP contribution is 2.18. The van der Waals surface area contributed by atoms with Gasteiger partial charge in [0.15, 0.2) is 11.5 Å². The van der Waals surface area contributed by atoms with Gasteiger partial charge in [0.25, 0.3) is 0 Å². The molecule has 0 amide bonds. The van der Waals surface area contributed by atoms with E-state index in [9.17, 15) is 4.79 Å². The van der Waals surface area contributed by atoms with Gasteiger partial charge in [0, 0.05) is 6.20 Å². The quantitative estimate of drug-likeness (QED) is 0.775. The minimum atomic E-state index is -1.04. The fourth-order valence-electron chi connectivity index (χ4n) is 2.00. The minimum absolute atomic E-state index is 0.102. The fraction of sp³-hybridized carbons (Fsp3) is 0.133. The van der Waals surface area contributed by atoms with Crippen molar-refractivity contribution in [3.8, 4) is 11.5 Å². The predicted octanol–water partition coefficient (Wildman–Crippen LogP) is 2.02. The molecule has 0 radical (unpaired) electrons. The molecule has 2 heterocycles. The summed E-state index contributed by atoms with van der Waals surface area (Å²) in [6, 6.07) is 10.2. The molecule has 0 unspecified atom stereocenters. The second-order valence-electron chi connectivity index (χ2n) is 4.49. The molecule has 0 aliphatic carbocycles. The lowest BCUT2D eigenvalue weighted by Gasteiger charge is -2.04. The van der Waals surface area contributed by atoms with Crippen LogP contribution in [0.4, 0.5) is 0 Å². The first-order chi connectivity index (χ1) is 10.7. The van der Waals surface area contributed by atoms with E-state index in [4.69, 9.17) is 14.6 Å². The van der Waals surface area contributed by atoms with Gasteiger partial charge in [-0.1, -0.05) is 0 Å². The van der Waals surface area contributed by atoms with Crippen LogP contribution in [0.5, 0.6) is 11.5 Å². The molecule has 3 aromatic rings. The van der Waals surface area contributed by atoms with E-state index in [-0.39, 0.29) is 12.2 Å². The van der Waals surface area contributed by atoms with Crippen molar-refractivity contribution in [2.24, 2.45) is 0 Å². The fourth-order valence-corrected chi connectivity index (χ4v) is 2.00. The van der Waals surface area contributed by atoms with Gasteiger partial charge < -0.3 is 14.6 Å². The Kier molecular flexibility index (Phi) is 3.61. The van der Waals surface area contributed by atoms with Gasteiger partial charge in [0.2, 0.25) is 0 Å². The smallest absolute Gasteiger partial charge is 0.339 e. The van der Waals surface area contributed by atoms with Gasteiger partial charge in [0.05, 0.1) is 7.11 Å². The second-order valence-corrected chi connectivity index (χ2v) is 4.49. The van der Waals surface area contributed by atoms with Crippen LogP contribution < -0.4 is 9.47 Å². The third-order valence-corrected chi connectivity index (χ3v) is 3.06. The first kappa shape index (κ1) is 13.9. The van der Waals surface area contributed by atoms with Crippen molar-refractivity contribution in [2.45, 2.75) is 6.61 Å². The molecule has 22 heavy (non-hydrogen) atoms. The number of carbonyl (C=O) groups is 1. The first-order valence-electron chi connectivity index (χ1n) is 6.52. The summed E-state index contributed by atoms with van der Waals surface area (Å²) in [5.41, 5.74) is 0.397. The number of aromatic carboxylic acids is 1. The van der Waals surface area contributed by atoms with E-state index in [2.05, 4.69) is 10.1 Å². The molecule has 7 heteroatoms. The number of aromatic nitrogens is 3. The second kappa shape index (κ2) is 5.72. The van der Waals surface area contributed by atoms with Crippen LogP contribution in [0.2, 0.25) is 0 Å². The van der Waals surface area contributed by atoms with Crippen molar-refractivity contribution in [3.05, 3.63) is 54.0 Å². The van der Waals surface area contributed by atoms with Crippen molar-refractivity contribution >= 4 is 11.6 Å². The Morgan fingerprint density at radius 3 is 2.64 bits per heavy atom. The van der Waals surface area contributed by atoms with Gasteiger partial charge in [-0.2, -0.15) is 0 Å². The van der Waals surface area contributed by atoms with Crippen molar-refractivity contribution < 1.29 is 19.4 Å². The highest BCUT2D eigenvalue weighted by Gasteiger charge is 2.13. The van der Waals surface area contributed by atoms with E-state index >= 15 is 0 Å². The highest BCUT2D eigenvalue weighted by molar-refractivity contribution is 5.94. The average molecular weight is 299 g/mol. The van der Waals surface area contributed by atoms with Gasteiger partial charge >= 0.3 is 5.97 Å². The molecule has 0 fully saturated rings. The van der Waals surface area contributed by atoms with E-state index < -0.39 is 5.97 Å². The lowest BCUT2D eigenvalue weighted by molar-refractivity contribution is 0.0698. The summed E-state index contributed by atoms with van der Waals surface area (Å²) < 4.78 is 12.1. The Morgan fingerprint density at radius 1 is 1.23 bits per heavy atom. The molecule has 0 spiro atoms. The monoisotopic (exact) mass is 299 g/mol. The third kappa shape index (κ3) is 2.69. The molecule has 0 bridgehead atoms. The molecule has 7 nitrogen and oxygen atoms in total. The number of hydrogen-bond acceptors (Lipinski definition) is 5. The van der Waals surface area contributed by atoms with E-state index in [0.717, 1.165) is 5.75 Å². The Hall–Kier alpha value is -3.09. The maximum Gasteiger partial charge on any atom is 0.339 e. The van der Waals surface area contributed by atoms with Crippen LogP contribution in [0.15, 0.2) is 42.6 Å². The summed E-state index contributed by atoms with van der Waals surface area (Å²) >= 11 is 0. The van der Waals surface area contributed by atoms with Crippen LogP contribution in [0.1, 0.15) is 16.2 Å². The number of benzene rings is 1. The van der Waals surface area contributed by atoms with Gasteiger partial charge in [-0.15, -0.1) is 5.10 Å². The van der Waals surface area contributed by atoms with E-state index in [0.29, 0.717) is 17.2 Å². The summed E-state index contributed by atoms with van der Waals surface area (Å²) in [6.07, 6.45) is 1.64. The zero-order chi connectivity index (χ0) is 15.5. The number of carboxylic acid groups (broad SMARTS) is 1. The van der Waals surface area contributed by atoms with E-state index in [1.54, 1.807) is 43.6 Å². The van der Waals surface area contributed by atoms with Crippen LogP contribution in [-0.4, -0.2) is 32.8 Å². The third-order valence-electron chi connectivity index (χ3n) is 3.06. The maximum absolute atomic E-state index is 11.1. The molecule has 0 saturated heterocycles. The van der Waals surface area contributed by atoms with Crippen LogP contribution in [0.3, 0.4) is 0 Å². The number of rotatable bonds is 5. The van der Waals surface area contributed by atoms with Crippen molar-refractivity contribution in [3.63, 3.8) is 0 Å². The van der Waals surface area contributed by atoms with Crippen molar-refractivity contribution in [1.82, 2.24) is 14.6 Å². The zero-order valence-corrected chi connectivity index (χ0v) is 11.8. The first-order valence-corrected chi connectivity index (χ1v) is 6.52. The Morgan fingerprint density at radius 2 is 1.95 bits per heavy atom. The molecule has 0 atom stereocenters. The molecule has 1 N–H and O–H groups in total. The SMILES string of the molecule is COc1ccc(OCc2nc3c(C(=O)O)cccn3n2)cc1. The normalized spacial score (nSPS) is 10.6. The van der Waals surface area contributed by atoms with Gasteiger partial charge in [-0.3, -0.25) is 0 Å². The minimum Gasteiger partial charge on any atom is -0.497 e. The molecule has 3 rings (SSSR count). The molecular formula is C15H13N3O4. The molecule has 112 valence electrons. The van der Waals surface area contributed by atoms with E-state index in [1.807, 2.05) is 0 Å². The number of nitrogens with zero attached hydrogens (tertiary/aromatic N) is 3. The lowest BCUT2D eigenvalue weighted by Crippen LogP contribution is -2.00. The number of pyridine rings is 1. The topological polar surface area (TPSA) is 86.0 Å². The summed E-state index contributed by atoms with van der Waals surface area (Å²) in [7, 11) is 1.59. The molecule has 0 aliphatic heterocycles. The predicted molar refractivity (Wildman–Crippen MR) is 77.3 cm³/mol. The lowest BCUT2D eigenvalue weighted by atomic mass is 10.3. The molecule has 1 aromatic carbocycles. The van der Waals surface area contributed by atoms with Crippen LogP contribution in [0, 0.1) is 0 Å². The maximum atomic E-state index is 11.1. The molecule has 0 saturated carbocycles. The average Bonchev–Trinajstić information content (AvgIpc) is 2.96. The number of fused-ring (bicyclic) bond motifs is 1. The highest BCUT2D eigenvalue weighted by atomic mass is 16.5. The molecule has 2 aromatic heterocycles. The number of ether oxygens (including phenoxy) is 2. The molecule has 0 aliphatic rings. The summed E-state index contributed by atoms with van der Waals surface area (Å²) in [5.74, 6) is 0.757. The van der Waals surface area contributed by atoms with E-state index in [1.165, 1.54) is 10.6 Å². The molecular weight excluding hydrogens is 286 g/mol. The van der Waals surface area contributed by atoms with Gasteiger partial charge in [-0.05, 0) is 36.4 Å². The number of hydrogen-bond donors (Lipinski definition) is 1.